The second kappa shape index (κ2) is 7.71. The third-order valence-electron chi connectivity index (χ3n) is 3.89. The van der Waals surface area contributed by atoms with Crippen LogP contribution < -0.4 is 15.1 Å². The molecule has 1 N–H and O–H groups in total. The van der Waals surface area contributed by atoms with Crippen LogP contribution in [0.5, 0.6) is 5.75 Å². The van der Waals surface area contributed by atoms with Crippen LogP contribution >= 0.6 is 11.6 Å². The van der Waals surface area contributed by atoms with Gasteiger partial charge in [-0.2, -0.15) is 0 Å². The number of benzene rings is 1. The first-order valence-electron chi connectivity index (χ1n) is 8.04. The Balaban J connectivity index is 1.50. The highest BCUT2D eigenvalue weighted by Gasteiger charge is 2.32. The summed E-state index contributed by atoms with van der Waals surface area (Å²) >= 11 is 5.79. The number of sulfonamides is 1. The molecule has 0 spiro atoms. The fourth-order valence-corrected chi connectivity index (χ4v) is 3.81. The van der Waals surface area contributed by atoms with E-state index < -0.39 is 15.6 Å². The van der Waals surface area contributed by atoms with Crippen molar-refractivity contribution in [2.75, 3.05) is 19.6 Å². The van der Waals surface area contributed by atoms with E-state index in [2.05, 4.69) is 4.72 Å². The SMILES string of the molecule is Cc1cc(OC2CN(C(=O)CNS(=O)(=O)c3cccc(Cl)c3)C2)cc(=O)o1. The zero-order chi connectivity index (χ0) is 19.6. The number of nitrogens with zero attached hydrogens (tertiary/aromatic N) is 1. The Bertz CT molecular complexity index is 1010. The van der Waals surface area contributed by atoms with Gasteiger partial charge in [-0.15, -0.1) is 0 Å². The van der Waals surface area contributed by atoms with Gasteiger partial charge >= 0.3 is 5.63 Å². The fraction of sp³-hybridized carbons (Fsp3) is 0.294. The molecule has 27 heavy (non-hydrogen) atoms. The Morgan fingerprint density at radius 1 is 1.33 bits per heavy atom. The molecule has 8 nitrogen and oxygen atoms in total. The number of hydrogen-bond acceptors (Lipinski definition) is 6. The van der Waals surface area contributed by atoms with Crippen LogP contribution in [0.25, 0.3) is 0 Å². The molecule has 1 aromatic heterocycles. The fourth-order valence-electron chi connectivity index (χ4n) is 2.54. The van der Waals surface area contributed by atoms with Gasteiger partial charge in [-0.3, -0.25) is 4.79 Å². The Kier molecular flexibility index (Phi) is 5.54. The predicted molar refractivity (Wildman–Crippen MR) is 97.4 cm³/mol. The van der Waals surface area contributed by atoms with Crippen LogP contribution in [0.4, 0.5) is 0 Å². The summed E-state index contributed by atoms with van der Waals surface area (Å²) in [6, 6.07) is 8.60. The molecule has 1 aliphatic rings. The van der Waals surface area contributed by atoms with Gasteiger partial charge in [0.2, 0.25) is 15.9 Å². The lowest BCUT2D eigenvalue weighted by molar-refractivity contribution is -0.138. The summed E-state index contributed by atoms with van der Waals surface area (Å²) in [6.07, 6.45) is -0.264. The number of carbonyl (C=O) groups is 1. The minimum atomic E-state index is -3.83. The number of ether oxygens (including phenoxy) is 1. The summed E-state index contributed by atoms with van der Waals surface area (Å²) in [5, 5.41) is 0.289. The number of halogens is 1. The molecular formula is C17H17ClN2O6S. The van der Waals surface area contributed by atoms with Crippen molar-refractivity contribution in [1.82, 2.24) is 9.62 Å². The number of aryl methyl sites for hydroxylation is 1. The highest BCUT2D eigenvalue weighted by Crippen LogP contribution is 2.18. The molecule has 0 bridgehead atoms. The van der Waals surface area contributed by atoms with E-state index in [9.17, 15) is 18.0 Å². The number of amides is 1. The topological polar surface area (TPSA) is 106 Å². The van der Waals surface area contributed by atoms with Crippen molar-refractivity contribution in [3.05, 3.63) is 57.6 Å². The van der Waals surface area contributed by atoms with E-state index in [1.54, 1.807) is 19.1 Å². The normalized spacial score (nSPS) is 14.7. The van der Waals surface area contributed by atoms with E-state index >= 15 is 0 Å². The maximum Gasteiger partial charge on any atom is 0.339 e. The average Bonchev–Trinajstić information content (AvgIpc) is 2.55. The zero-order valence-electron chi connectivity index (χ0n) is 14.3. The van der Waals surface area contributed by atoms with Gasteiger partial charge in [0.05, 0.1) is 30.6 Å². The quantitative estimate of drug-likeness (QED) is 0.763. The van der Waals surface area contributed by atoms with Crippen LogP contribution in [0.2, 0.25) is 5.02 Å². The molecule has 0 aliphatic carbocycles. The van der Waals surface area contributed by atoms with Crippen LogP contribution in [0.3, 0.4) is 0 Å². The van der Waals surface area contributed by atoms with Crippen LogP contribution in [-0.4, -0.2) is 45.0 Å². The highest BCUT2D eigenvalue weighted by molar-refractivity contribution is 7.89. The van der Waals surface area contributed by atoms with E-state index in [0.717, 1.165) is 0 Å². The highest BCUT2D eigenvalue weighted by atomic mass is 35.5. The third-order valence-corrected chi connectivity index (χ3v) is 5.52. The summed E-state index contributed by atoms with van der Waals surface area (Å²) in [6.45, 7) is 1.88. The molecule has 1 aromatic carbocycles. The zero-order valence-corrected chi connectivity index (χ0v) is 15.9. The van der Waals surface area contributed by atoms with Crippen molar-refractivity contribution in [2.45, 2.75) is 17.9 Å². The summed E-state index contributed by atoms with van der Waals surface area (Å²) in [4.78, 5) is 24.9. The van der Waals surface area contributed by atoms with Crippen LogP contribution in [0.1, 0.15) is 5.76 Å². The lowest BCUT2D eigenvalue weighted by Crippen LogP contribution is -2.58. The van der Waals surface area contributed by atoms with Gasteiger partial charge in [-0.1, -0.05) is 17.7 Å². The summed E-state index contributed by atoms with van der Waals surface area (Å²) in [7, 11) is -3.83. The van der Waals surface area contributed by atoms with Crippen LogP contribution in [-0.2, 0) is 14.8 Å². The van der Waals surface area contributed by atoms with Gasteiger partial charge in [0.1, 0.15) is 17.6 Å². The second-order valence-corrected chi connectivity index (χ2v) is 8.25. The van der Waals surface area contributed by atoms with E-state index in [0.29, 0.717) is 24.6 Å². The van der Waals surface area contributed by atoms with Crippen molar-refractivity contribution in [1.29, 1.82) is 0 Å². The molecule has 0 atom stereocenters. The van der Waals surface area contributed by atoms with Gasteiger partial charge in [0, 0.05) is 11.1 Å². The molecule has 10 heteroatoms. The maximum absolute atomic E-state index is 12.2. The number of likely N-dealkylation sites (tertiary alicyclic amines) is 1. The van der Waals surface area contributed by atoms with E-state index in [4.69, 9.17) is 20.8 Å². The predicted octanol–water partition coefficient (Wildman–Crippen LogP) is 1.17. The van der Waals surface area contributed by atoms with Gasteiger partial charge < -0.3 is 14.1 Å². The first kappa shape index (κ1) is 19.4. The third kappa shape index (κ3) is 4.88. The summed E-state index contributed by atoms with van der Waals surface area (Å²) in [5.41, 5.74) is -0.507. The van der Waals surface area contributed by atoms with Crippen molar-refractivity contribution < 1.29 is 22.4 Å². The standard InChI is InChI=1S/C17H17ClN2O6S/c1-11-5-13(7-17(22)25-11)26-14-9-20(10-14)16(21)8-19-27(23,24)15-4-2-3-12(18)6-15/h2-7,14,19H,8-10H2,1H3. The van der Waals surface area contributed by atoms with Gasteiger partial charge in [-0.25, -0.2) is 17.9 Å². The minimum absolute atomic E-state index is 0.00843. The number of carbonyl (C=O) groups excluding carboxylic acids is 1. The van der Waals surface area contributed by atoms with Gasteiger partial charge in [0.15, 0.2) is 0 Å². The molecule has 3 rings (SSSR count). The van der Waals surface area contributed by atoms with E-state index in [-0.39, 0.29) is 28.5 Å². The first-order valence-corrected chi connectivity index (χ1v) is 9.90. The molecule has 144 valence electrons. The first-order chi connectivity index (χ1) is 12.7. The smallest absolute Gasteiger partial charge is 0.339 e. The molecule has 2 heterocycles. The molecule has 0 radical (unpaired) electrons. The average molecular weight is 413 g/mol. The Morgan fingerprint density at radius 3 is 2.74 bits per heavy atom. The number of hydrogen-bond donors (Lipinski definition) is 1. The summed E-state index contributed by atoms with van der Waals surface area (Å²) < 4.78 is 37.1. The van der Waals surface area contributed by atoms with Crippen molar-refractivity contribution in [3.8, 4) is 5.75 Å². The molecular weight excluding hydrogens is 396 g/mol. The van der Waals surface area contributed by atoms with Gasteiger partial charge in [0.25, 0.3) is 0 Å². The lowest BCUT2D eigenvalue weighted by Gasteiger charge is -2.38. The largest absolute Gasteiger partial charge is 0.486 e. The molecule has 1 fully saturated rings. The molecule has 1 aliphatic heterocycles. The second-order valence-electron chi connectivity index (χ2n) is 6.04. The monoisotopic (exact) mass is 412 g/mol. The molecule has 1 saturated heterocycles. The Hall–Kier alpha value is -2.36. The van der Waals surface area contributed by atoms with Crippen LogP contribution in [0, 0.1) is 6.92 Å². The Morgan fingerprint density at radius 2 is 2.07 bits per heavy atom. The Labute approximate surface area is 160 Å². The van der Waals surface area contributed by atoms with Crippen molar-refractivity contribution in [3.63, 3.8) is 0 Å². The van der Waals surface area contributed by atoms with Crippen molar-refractivity contribution in [2.24, 2.45) is 0 Å². The minimum Gasteiger partial charge on any atom is -0.486 e. The van der Waals surface area contributed by atoms with Crippen molar-refractivity contribution >= 4 is 27.5 Å². The van der Waals surface area contributed by atoms with E-state index in [1.165, 1.54) is 29.2 Å². The summed E-state index contributed by atoms with van der Waals surface area (Å²) in [5.74, 6) is 0.437. The molecule has 2 aromatic rings. The molecule has 0 unspecified atom stereocenters. The number of nitrogens with one attached hydrogen (secondary N) is 1. The molecule has 0 saturated carbocycles. The molecule has 1 amide bonds. The van der Waals surface area contributed by atoms with E-state index in [1.807, 2.05) is 0 Å². The van der Waals surface area contributed by atoms with Crippen LogP contribution in [0.15, 0.2) is 50.5 Å². The maximum atomic E-state index is 12.2. The van der Waals surface area contributed by atoms with Gasteiger partial charge in [-0.05, 0) is 25.1 Å². The number of rotatable bonds is 6. The lowest BCUT2D eigenvalue weighted by atomic mass is 10.1.